The molecule has 0 amide bonds. The number of aliphatic hydroxyl groups excluding tert-OH is 1. The predicted octanol–water partition coefficient (Wildman–Crippen LogP) is 2.12. The first-order valence-corrected chi connectivity index (χ1v) is 4.00. The molecule has 0 radical (unpaired) electrons. The number of aromatic nitrogens is 1. The largest absolute Gasteiger partial charge is 0.396 e. The molecule has 1 N–H and O–H groups in total. The van der Waals surface area contributed by atoms with Crippen LogP contribution in [0, 0.1) is 0 Å². The van der Waals surface area contributed by atoms with E-state index in [1.54, 1.807) is 13.0 Å². The molecule has 0 unspecified atom stereocenters. The van der Waals surface area contributed by atoms with Gasteiger partial charge in [0.25, 0.3) is 6.43 Å². The van der Waals surface area contributed by atoms with Gasteiger partial charge in [0.2, 0.25) is 0 Å². The Morgan fingerprint density at radius 1 is 1.46 bits per heavy atom. The van der Waals surface area contributed by atoms with Gasteiger partial charge < -0.3 is 5.11 Å². The van der Waals surface area contributed by atoms with Crippen LogP contribution in [-0.4, -0.2) is 16.7 Å². The van der Waals surface area contributed by atoms with Gasteiger partial charge in [-0.1, -0.05) is 13.0 Å². The second-order valence-corrected chi connectivity index (χ2v) is 2.90. The van der Waals surface area contributed by atoms with Gasteiger partial charge in [-0.3, -0.25) is 4.98 Å². The van der Waals surface area contributed by atoms with Crippen LogP contribution in [0.15, 0.2) is 18.3 Å². The van der Waals surface area contributed by atoms with Crippen LogP contribution in [0.5, 0.6) is 0 Å². The Kier molecular flexibility index (Phi) is 3.31. The zero-order chi connectivity index (χ0) is 9.84. The third kappa shape index (κ3) is 2.45. The highest BCUT2D eigenvalue weighted by Gasteiger charge is 2.09. The van der Waals surface area contributed by atoms with Crippen LogP contribution < -0.4 is 0 Å². The van der Waals surface area contributed by atoms with E-state index in [-0.39, 0.29) is 18.2 Å². The summed E-state index contributed by atoms with van der Waals surface area (Å²) in [5.41, 5.74) is 0.542. The van der Waals surface area contributed by atoms with Crippen molar-refractivity contribution in [2.75, 3.05) is 6.61 Å². The van der Waals surface area contributed by atoms with E-state index in [0.717, 1.165) is 5.56 Å². The maximum absolute atomic E-state index is 12.1. The molecular formula is C9H11F2NO. The van der Waals surface area contributed by atoms with Crippen molar-refractivity contribution in [1.82, 2.24) is 4.98 Å². The summed E-state index contributed by atoms with van der Waals surface area (Å²) in [7, 11) is 0. The van der Waals surface area contributed by atoms with Crippen LogP contribution in [0.3, 0.4) is 0 Å². The minimum absolute atomic E-state index is 0.00426. The summed E-state index contributed by atoms with van der Waals surface area (Å²) in [5, 5.41) is 8.79. The molecule has 4 heteroatoms. The summed E-state index contributed by atoms with van der Waals surface area (Å²) in [6.07, 6.45) is -1.15. The Balaban J connectivity index is 2.81. The summed E-state index contributed by atoms with van der Waals surface area (Å²) in [4.78, 5) is 3.59. The van der Waals surface area contributed by atoms with Crippen molar-refractivity contribution in [3.63, 3.8) is 0 Å². The van der Waals surface area contributed by atoms with Crippen molar-refractivity contribution in [3.05, 3.63) is 29.6 Å². The van der Waals surface area contributed by atoms with E-state index < -0.39 is 6.43 Å². The van der Waals surface area contributed by atoms with Crippen molar-refractivity contribution in [1.29, 1.82) is 0 Å². The average Bonchev–Trinajstić information content (AvgIpc) is 2.17. The smallest absolute Gasteiger partial charge is 0.280 e. The number of rotatable bonds is 3. The Labute approximate surface area is 75.2 Å². The van der Waals surface area contributed by atoms with Crippen molar-refractivity contribution in [3.8, 4) is 0 Å². The maximum Gasteiger partial charge on any atom is 0.280 e. The van der Waals surface area contributed by atoms with Gasteiger partial charge in [0, 0.05) is 18.7 Å². The normalized spacial score (nSPS) is 13.3. The van der Waals surface area contributed by atoms with E-state index in [9.17, 15) is 8.78 Å². The fraction of sp³-hybridized carbons (Fsp3) is 0.444. The molecule has 0 aromatic carbocycles. The molecular weight excluding hydrogens is 176 g/mol. The molecule has 72 valence electrons. The van der Waals surface area contributed by atoms with E-state index in [1.165, 1.54) is 12.3 Å². The van der Waals surface area contributed by atoms with Gasteiger partial charge in [-0.2, -0.15) is 0 Å². The van der Waals surface area contributed by atoms with Crippen molar-refractivity contribution < 1.29 is 13.9 Å². The molecule has 13 heavy (non-hydrogen) atoms. The van der Waals surface area contributed by atoms with Gasteiger partial charge in [0.05, 0.1) is 0 Å². The Hall–Kier alpha value is -1.03. The first kappa shape index (κ1) is 10.1. The quantitative estimate of drug-likeness (QED) is 0.786. The lowest BCUT2D eigenvalue weighted by atomic mass is 10.0. The molecule has 0 saturated carbocycles. The topological polar surface area (TPSA) is 33.1 Å². The monoisotopic (exact) mass is 187 g/mol. The van der Waals surface area contributed by atoms with Gasteiger partial charge >= 0.3 is 0 Å². The number of pyridine rings is 1. The summed E-state index contributed by atoms with van der Waals surface area (Å²) >= 11 is 0. The highest BCUT2D eigenvalue weighted by molar-refractivity contribution is 5.18. The number of hydrogen-bond donors (Lipinski definition) is 1. The van der Waals surface area contributed by atoms with Gasteiger partial charge in [-0.25, -0.2) is 8.78 Å². The van der Waals surface area contributed by atoms with Crippen LogP contribution >= 0.6 is 0 Å². The number of alkyl halides is 2. The number of halogens is 2. The fourth-order valence-corrected chi connectivity index (χ4v) is 0.943. The maximum atomic E-state index is 12.1. The molecule has 0 aliphatic heterocycles. The van der Waals surface area contributed by atoms with Crippen molar-refractivity contribution >= 4 is 0 Å². The molecule has 2 nitrogen and oxygen atoms in total. The SMILES string of the molecule is C[C@H](CO)c1ccc(C(F)F)nc1. The second kappa shape index (κ2) is 4.28. The molecule has 0 aliphatic rings. The molecule has 0 saturated heterocycles. The summed E-state index contributed by atoms with van der Waals surface area (Å²) in [6, 6.07) is 2.85. The third-order valence-electron chi connectivity index (χ3n) is 1.88. The Bertz CT molecular complexity index is 261. The lowest BCUT2D eigenvalue weighted by Gasteiger charge is -2.07. The van der Waals surface area contributed by atoms with E-state index in [0.29, 0.717) is 0 Å². The zero-order valence-electron chi connectivity index (χ0n) is 7.24. The lowest BCUT2D eigenvalue weighted by molar-refractivity contribution is 0.146. The molecule has 1 rings (SSSR count). The molecule has 0 fully saturated rings. The van der Waals surface area contributed by atoms with E-state index in [2.05, 4.69) is 4.98 Å². The first-order valence-electron chi connectivity index (χ1n) is 4.00. The number of hydrogen-bond acceptors (Lipinski definition) is 2. The summed E-state index contributed by atoms with van der Waals surface area (Å²) in [6.45, 7) is 1.80. The molecule has 0 spiro atoms. The lowest BCUT2D eigenvalue weighted by Crippen LogP contribution is -2.00. The minimum atomic E-state index is -2.53. The molecule has 1 aromatic rings. The average molecular weight is 187 g/mol. The van der Waals surface area contributed by atoms with E-state index in [1.807, 2.05) is 0 Å². The van der Waals surface area contributed by atoms with Crippen molar-refractivity contribution in [2.24, 2.45) is 0 Å². The summed E-state index contributed by atoms with van der Waals surface area (Å²) in [5.74, 6) is -0.0563. The molecule has 0 bridgehead atoms. The van der Waals surface area contributed by atoms with Crippen LogP contribution in [-0.2, 0) is 0 Å². The highest BCUT2D eigenvalue weighted by Crippen LogP contribution is 2.19. The van der Waals surface area contributed by atoms with Gasteiger partial charge in [-0.15, -0.1) is 0 Å². The van der Waals surface area contributed by atoms with Gasteiger partial charge in [-0.05, 0) is 11.6 Å². The van der Waals surface area contributed by atoms with Crippen molar-refractivity contribution in [2.45, 2.75) is 19.3 Å². The number of aliphatic hydroxyl groups is 1. The predicted molar refractivity (Wildman–Crippen MR) is 44.7 cm³/mol. The van der Waals surface area contributed by atoms with Gasteiger partial charge in [0.1, 0.15) is 5.69 Å². The molecule has 0 aliphatic carbocycles. The van der Waals surface area contributed by atoms with E-state index in [4.69, 9.17) is 5.11 Å². The van der Waals surface area contributed by atoms with Crippen LogP contribution in [0.1, 0.15) is 30.5 Å². The van der Waals surface area contributed by atoms with Crippen LogP contribution in [0.25, 0.3) is 0 Å². The summed E-state index contributed by atoms with van der Waals surface area (Å²) < 4.78 is 24.1. The molecule has 1 atom stereocenters. The fourth-order valence-electron chi connectivity index (χ4n) is 0.943. The highest BCUT2D eigenvalue weighted by atomic mass is 19.3. The second-order valence-electron chi connectivity index (χ2n) is 2.90. The Morgan fingerprint density at radius 3 is 2.54 bits per heavy atom. The van der Waals surface area contributed by atoms with Crippen LogP contribution in [0.2, 0.25) is 0 Å². The molecule has 1 heterocycles. The van der Waals surface area contributed by atoms with Crippen LogP contribution in [0.4, 0.5) is 8.78 Å². The standard InChI is InChI=1S/C9H11F2NO/c1-6(5-13)7-2-3-8(9(10)11)12-4-7/h2-4,6,9,13H,5H2,1H3/t6-/m1/s1. The third-order valence-corrected chi connectivity index (χ3v) is 1.88. The number of nitrogens with zero attached hydrogens (tertiary/aromatic N) is 1. The zero-order valence-corrected chi connectivity index (χ0v) is 7.24. The van der Waals surface area contributed by atoms with Gasteiger partial charge in [0.15, 0.2) is 0 Å². The Morgan fingerprint density at radius 2 is 2.15 bits per heavy atom. The first-order chi connectivity index (χ1) is 6.15. The molecule has 1 aromatic heterocycles. The minimum Gasteiger partial charge on any atom is -0.396 e. The van der Waals surface area contributed by atoms with E-state index >= 15 is 0 Å².